The quantitative estimate of drug-likeness (QED) is 0.536. The fraction of sp³-hybridized carbons (Fsp3) is 0.833. The van der Waals surface area contributed by atoms with E-state index in [1.165, 1.54) is 44.1 Å². The molecular formula is C24H40O. The normalized spacial score (nSPS) is 48.2. The minimum Gasteiger partial charge on any atom is -0.393 e. The lowest BCUT2D eigenvalue weighted by atomic mass is 9.47. The molecule has 7 atom stereocenters. The Bertz CT molecular complexity index is 546. The van der Waals surface area contributed by atoms with E-state index in [2.05, 4.69) is 33.4 Å². The molecule has 0 aliphatic heterocycles. The maximum absolute atomic E-state index is 10.1. The van der Waals surface area contributed by atoms with Gasteiger partial charge in [0.1, 0.15) is 0 Å². The van der Waals surface area contributed by atoms with Crippen LogP contribution >= 0.6 is 0 Å². The van der Waals surface area contributed by atoms with Crippen LogP contribution in [0.15, 0.2) is 23.8 Å². The summed E-state index contributed by atoms with van der Waals surface area (Å²) in [6.07, 6.45) is 12.4. The third kappa shape index (κ3) is 2.85. The molecule has 0 heterocycles. The molecule has 0 aromatic carbocycles. The number of hydrogen-bond donors (Lipinski definition) is 1. The fourth-order valence-corrected chi connectivity index (χ4v) is 7.45. The Balaban J connectivity index is 0.000000880. The Morgan fingerprint density at radius 1 is 1.08 bits per heavy atom. The van der Waals surface area contributed by atoms with Crippen molar-refractivity contribution in [2.24, 2.45) is 34.5 Å². The third-order valence-electron chi connectivity index (χ3n) is 8.67. The van der Waals surface area contributed by atoms with Crippen molar-refractivity contribution in [1.82, 2.24) is 0 Å². The highest BCUT2D eigenvalue weighted by Crippen LogP contribution is 2.66. The molecule has 25 heavy (non-hydrogen) atoms. The molecule has 0 bridgehead atoms. The van der Waals surface area contributed by atoms with E-state index in [0.29, 0.717) is 10.8 Å². The summed E-state index contributed by atoms with van der Waals surface area (Å²) in [5, 5.41) is 10.1. The van der Waals surface area contributed by atoms with Gasteiger partial charge in [-0.05, 0) is 92.8 Å². The number of fused-ring (bicyclic) bond motifs is 5. The summed E-state index contributed by atoms with van der Waals surface area (Å²) < 4.78 is 0. The maximum Gasteiger partial charge on any atom is 0.0577 e. The first kappa shape index (κ1) is 19.2. The Kier molecular flexibility index (Phi) is 5.28. The Morgan fingerprint density at radius 3 is 2.48 bits per heavy atom. The monoisotopic (exact) mass is 344 g/mol. The Hall–Kier alpha value is -0.560. The summed E-state index contributed by atoms with van der Waals surface area (Å²) in [5.41, 5.74) is 3.90. The summed E-state index contributed by atoms with van der Waals surface area (Å²) in [6.45, 7) is 15.7. The highest BCUT2D eigenvalue weighted by Gasteiger charge is 2.58. The summed E-state index contributed by atoms with van der Waals surface area (Å²) in [5.74, 6) is 3.38. The van der Waals surface area contributed by atoms with Gasteiger partial charge in [-0.1, -0.05) is 51.5 Å². The van der Waals surface area contributed by atoms with E-state index in [0.717, 1.165) is 36.5 Å². The van der Waals surface area contributed by atoms with Crippen LogP contribution in [0.4, 0.5) is 0 Å². The highest BCUT2D eigenvalue weighted by molar-refractivity contribution is 5.26. The van der Waals surface area contributed by atoms with Crippen molar-refractivity contribution in [3.63, 3.8) is 0 Å². The van der Waals surface area contributed by atoms with Crippen LogP contribution < -0.4 is 0 Å². The van der Waals surface area contributed by atoms with E-state index in [-0.39, 0.29) is 6.10 Å². The van der Waals surface area contributed by atoms with Gasteiger partial charge in [0, 0.05) is 0 Å². The van der Waals surface area contributed by atoms with E-state index in [1.54, 1.807) is 5.57 Å². The second-order valence-corrected chi connectivity index (χ2v) is 9.68. The molecule has 0 aromatic heterocycles. The van der Waals surface area contributed by atoms with E-state index in [4.69, 9.17) is 0 Å². The predicted octanol–water partition coefficient (Wildman–Crippen LogP) is 6.53. The molecular weight excluding hydrogens is 304 g/mol. The number of aliphatic hydroxyl groups excluding tert-OH is 1. The second-order valence-electron chi connectivity index (χ2n) is 9.68. The average Bonchev–Trinajstić information content (AvgIpc) is 2.95. The average molecular weight is 345 g/mol. The lowest BCUT2D eigenvalue weighted by Gasteiger charge is -2.58. The van der Waals surface area contributed by atoms with Crippen LogP contribution in [0.5, 0.6) is 0 Å². The smallest absolute Gasteiger partial charge is 0.0577 e. The zero-order valence-electron chi connectivity index (χ0n) is 17.3. The molecule has 3 saturated carbocycles. The van der Waals surface area contributed by atoms with Gasteiger partial charge in [-0.3, -0.25) is 0 Å². The van der Waals surface area contributed by atoms with Crippen LogP contribution in [0.2, 0.25) is 0 Å². The largest absolute Gasteiger partial charge is 0.393 e. The van der Waals surface area contributed by atoms with Gasteiger partial charge in [-0.25, -0.2) is 0 Å². The van der Waals surface area contributed by atoms with Crippen molar-refractivity contribution < 1.29 is 5.11 Å². The molecule has 7 unspecified atom stereocenters. The van der Waals surface area contributed by atoms with E-state index >= 15 is 0 Å². The standard InChI is InChI=1S/C22H34O.C2H6/c1-14(2)18-7-8-19-17-6-5-15-13-16(23)9-11-21(15,3)20(17)10-12-22(18,19)4;1-2/h5,16-20,23H,1,6-13H2,2-4H3;1-2H3. The molecule has 0 amide bonds. The Morgan fingerprint density at radius 2 is 1.80 bits per heavy atom. The van der Waals surface area contributed by atoms with Crippen molar-refractivity contribution in [1.29, 1.82) is 0 Å². The van der Waals surface area contributed by atoms with Crippen LogP contribution in [-0.4, -0.2) is 11.2 Å². The van der Waals surface area contributed by atoms with Crippen LogP contribution in [-0.2, 0) is 0 Å². The molecule has 3 fully saturated rings. The van der Waals surface area contributed by atoms with Gasteiger partial charge in [-0.2, -0.15) is 0 Å². The first-order valence-electron chi connectivity index (χ1n) is 10.9. The van der Waals surface area contributed by atoms with Crippen LogP contribution in [0.3, 0.4) is 0 Å². The predicted molar refractivity (Wildman–Crippen MR) is 107 cm³/mol. The lowest BCUT2D eigenvalue weighted by molar-refractivity contribution is -0.0453. The highest BCUT2D eigenvalue weighted by atomic mass is 16.3. The number of allylic oxidation sites excluding steroid dienone is 2. The minimum atomic E-state index is -0.0843. The van der Waals surface area contributed by atoms with Gasteiger partial charge < -0.3 is 5.11 Å². The second kappa shape index (κ2) is 6.87. The van der Waals surface area contributed by atoms with Gasteiger partial charge in [0.25, 0.3) is 0 Å². The minimum absolute atomic E-state index is 0.0843. The molecule has 1 nitrogen and oxygen atoms in total. The molecule has 4 rings (SSSR count). The summed E-state index contributed by atoms with van der Waals surface area (Å²) in [7, 11) is 0. The molecule has 142 valence electrons. The van der Waals surface area contributed by atoms with Crippen molar-refractivity contribution in [3.05, 3.63) is 23.8 Å². The zero-order valence-corrected chi connectivity index (χ0v) is 17.3. The van der Waals surface area contributed by atoms with Gasteiger partial charge in [0.05, 0.1) is 6.10 Å². The molecule has 4 aliphatic carbocycles. The van der Waals surface area contributed by atoms with E-state index in [1.807, 2.05) is 13.8 Å². The van der Waals surface area contributed by atoms with Crippen molar-refractivity contribution >= 4 is 0 Å². The number of rotatable bonds is 1. The first-order valence-corrected chi connectivity index (χ1v) is 10.9. The van der Waals surface area contributed by atoms with E-state index in [9.17, 15) is 5.11 Å². The van der Waals surface area contributed by atoms with Crippen LogP contribution in [0.1, 0.15) is 86.0 Å². The van der Waals surface area contributed by atoms with Gasteiger partial charge >= 0.3 is 0 Å². The van der Waals surface area contributed by atoms with Gasteiger partial charge in [-0.15, -0.1) is 0 Å². The summed E-state index contributed by atoms with van der Waals surface area (Å²) in [4.78, 5) is 0. The third-order valence-corrected chi connectivity index (χ3v) is 8.67. The summed E-state index contributed by atoms with van der Waals surface area (Å²) in [6, 6.07) is 0. The SMILES string of the molecule is C=C(C)C1CCC2C3CC=C4CC(O)CCC4(C)C3CCC12C.CC. The van der Waals surface area contributed by atoms with Crippen molar-refractivity contribution in [2.75, 3.05) is 0 Å². The van der Waals surface area contributed by atoms with Crippen LogP contribution in [0.25, 0.3) is 0 Å². The zero-order chi connectivity index (χ0) is 18.4. The molecule has 0 saturated heterocycles. The topological polar surface area (TPSA) is 20.2 Å². The molecule has 0 aromatic rings. The fourth-order valence-electron chi connectivity index (χ4n) is 7.45. The van der Waals surface area contributed by atoms with Crippen LogP contribution in [0, 0.1) is 34.5 Å². The molecule has 1 N–H and O–H groups in total. The van der Waals surface area contributed by atoms with Gasteiger partial charge in [0.15, 0.2) is 0 Å². The first-order chi connectivity index (χ1) is 11.9. The van der Waals surface area contributed by atoms with E-state index < -0.39 is 0 Å². The maximum atomic E-state index is 10.1. The molecule has 0 spiro atoms. The number of aliphatic hydroxyl groups is 1. The molecule has 1 heteroatoms. The number of hydrogen-bond acceptors (Lipinski definition) is 1. The van der Waals surface area contributed by atoms with Crippen molar-refractivity contribution in [2.45, 2.75) is 92.1 Å². The molecule has 4 aliphatic rings. The lowest BCUT2D eigenvalue weighted by Crippen LogP contribution is -2.50. The van der Waals surface area contributed by atoms with Crippen molar-refractivity contribution in [3.8, 4) is 0 Å². The Labute approximate surface area is 156 Å². The summed E-state index contributed by atoms with van der Waals surface area (Å²) >= 11 is 0. The van der Waals surface area contributed by atoms with Gasteiger partial charge in [0.2, 0.25) is 0 Å². The molecule has 0 radical (unpaired) electrons.